The summed E-state index contributed by atoms with van der Waals surface area (Å²) in [5, 5.41) is 4.85. The average Bonchev–Trinajstić information content (AvgIpc) is 2.39. The van der Waals surface area contributed by atoms with Crippen molar-refractivity contribution in [1.82, 2.24) is 0 Å². The second-order valence-electron chi connectivity index (χ2n) is 4.96. The molecule has 106 valence electrons. The van der Waals surface area contributed by atoms with Crippen molar-refractivity contribution < 1.29 is 0 Å². The molecule has 0 aliphatic carbocycles. The molecule has 2 rings (SSSR count). The maximum Gasteiger partial charge on any atom is 0.0641 e. The standard InChI is InChI=1S/C16H16BrCl2N/c1-10-7-15(19)16(9-14(10)18)20-11(2)8-12-3-5-13(17)6-4-12/h3-7,9,11,20H,8H2,1-2H3. The summed E-state index contributed by atoms with van der Waals surface area (Å²) in [4.78, 5) is 0. The molecular weight excluding hydrogens is 357 g/mol. The van der Waals surface area contributed by atoms with Gasteiger partial charge in [-0.25, -0.2) is 0 Å². The molecule has 0 aliphatic rings. The predicted octanol–water partition coefficient (Wildman–Crippen LogP) is 6.11. The first kappa shape index (κ1) is 15.7. The van der Waals surface area contributed by atoms with Gasteiger partial charge >= 0.3 is 0 Å². The minimum Gasteiger partial charge on any atom is -0.381 e. The van der Waals surface area contributed by atoms with E-state index in [1.165, 1.54) is 5.56 Å². The van der Waals surface area contributed by atoms with Crippen LogP contribution in [0.25, 0.3) is 0 Å². The second kappa shape index (κ2) is 6.84. The molecule has 0 aromatic heterocycles. The number of nitrogens with one attached hydrogen (secondary N) is 1. The van der Waals surface area contributed by atoms with Crippen molar-refractivity contribution in [2.45, 2.75) is 26.3 Å². The normalized spacial score (nSPS) is 12.2. The number of rotatable bonds is 4. The van der Waals surface area contributed by atoms with Crippen LogP contribution in [-0.4, -0.2) is 6.04 Å². The summed E-state index contributed by atoms with van der Waals surface area (Å²) in [7, 11) is 0. The van der Waals surface area contributed by atoms with Crippen molar-refractivity contribution in [1.29, 1.82) is 0 Å². The highest BCUT2D eigenvalue weighted by molar-refractivity contribution is 9.10. The molecule has 0 amide bonds. The summed E-state index contributed by atoms with van der Waals surface area (Å²) in [6, 6.07) is 12.4. The molecule has 0 saturated carbocycles. The van der Waals surface area contributed by atoms with Crippen molar-refractivity contribution >= 4 is 44.8 Å². The van der Waals surface area contributed by atoms with Crippen LogP contribution in [0.3, 0.4) is 0 Å². The van der Waals surface area contributed by atoms with Gasteiger partial charge in [-0.05, 0) is 55.7 Å². The molecule has 1 atom stereocenters. The van der Waals surface area contributed by atoms with Crippen LogP contribution >= 0.6 is 39.1 Å². The van der Waals surface area contributed by atoms with Gasteiger partial charge in [0.05, 0.1) is 10.7 Å². The lowest BCUT2D eigenvalue weighted by molar-refractivity contribution is 0.790. The fourth-order valence-electron chi connectivity index (χ4n) is 2.05. The highest BCUT2D eigenvalue weighted by Crippen LogP contribution is 2.29. The average molecular weight is 373 g/mol. The van der Waals surface area contributed by atoms with Crippen LogP contribution in [-0.2, 0) is 6.42 Å². The molecule has 1 unspecified atom stereocenters. The maximum absolute atomic E-state index is 6.24. The van der Waals surface area contributed by atoms with Crippen LogP contribution in [0.15, 0.2) is 40.9 Å². The number of hydrogen-bond acceptors (Lipinski definition) is 1. The molecule has 0 bridgehead atoms. The Balaban J connectivity index is 2.06. The minimum atomic E-state index is 0.271. The van der Waals surface area contributed by atoms with E-state index in [0.717, 1.165) is 27.2 Å². The van der Waals surface area contributed by atoms with Gasteiger partial charge in [0.15, 0.2) is 0 Å². The third kappa shape index (κ3) is 4.15. The topological polar surface area (TPSA) is 12.0 Å². The lowest BCUT2D eigenvalue weighted by Gasteiger charge is -2.17. The van der Waals surface area contributed by atoms with Gasteiger partial charge in [0.2, 0.25) is 0 Å². The summed E-state index contributed by atoms with van der Waals surface area (Å²) in [5.74, 6) is 0. The molecule has 1 N–H and O–H groups in total. The van der Waals surface area contributed by atoms with E-state index in [4.69, 9.17) is 23.2 Å². The van der Waals surface area contributed by atoms with Crippen LogP contribution in [0.2, 0.25) is 10.0 Å². The quantitative estimate of drug-likeness (QED) is 0.682. The minimum absolute atomic E-state index is 0.271. The molecule has 0 saturated heterocycles. The van der Waals surface area contributed by atoms with Gasteiger partial charge in [0.1, 0.15) is 0 Å². The predicted molar refractivity (Wildman–Crippen MR) is 92.1 cm³/mol. The molecule has 0 radical (unpaired) electrons. The third-order valence-electron chi connectivity index (χ3n) is 3.11. The van der Waals surface area contributed by atoms with E-state index in [2.05, 4.69) is 52.4 Å². The molecule has 2 aromatic carbocycles. The maximum atomic E-state index is 6.24. The zero-order valence-corrected chi connectivity index (χ0v) is 14.5. The Hall–Kier alpha value is -0.700. The van der Waals surface area contributed by atoms with Gasteiger partial charge in [0.25, 0.3) is 0 Å². The van der Waals surface area contributed by atoms with Gasteiger partial charge in [0, 0.05) is 15.5 Å². The van der Waals surface area contributed by atoms with Gasteiger partial charge in [-0.15, -0.1) is 0 Å². The van der Waals surface area contributed by atoms with Crippen LogP contribution in [0, 0.1) is 6.92 Å². The molecule has 0 fully saturated rings. The third-order valence-corrected chi connectivity index (χ3v) is 4.35. The molecule has 20 heavy (non-hydrogen) atoms. The molecule has 0 heterocycles. The van der Waals surface area contributed by atoms with E-state index >= 15 is 0 Å². The van der Waals surface area contributed by atoms with Crippen LogP contribution in [0.1, 0.15) is 18.1 Å². The summed E-state index contributed by atoms with van der Waals surface area (Å²) < 4.78 is 1.09. The second-order valence-corrected chi connectivity index (χ2v) is 6.69. The Morgan fingerprint density at radius 2 is 1.75 bits per heavy atom. The van der Waals surface area contributed by atoms with Crippen LogP contribution < -0.4 is 5.32 Å². The highest BCUT2D eigenvalue weighted by Gasteiger charge is 2.09. The monoisotopic (exact) mass is 371 g/mol. The largest absolute Gasteiger partial charge is 0.381 e. The first-order chi connectivity index (χ1) is 9.45. The van der Waals surface area contributed by atoms with Gasteiger partial charge in [-0.1, -0.05) is 51.3 Å². The molecule has 0 aliphatic heterocycles. The molecule has 2 aromatic rings. The van der Waals surface area contributed by atoms with E-state index in [1.807, 2.05) is 19.1 Å². The Labute approximate surface area is 138 Å². The van der Waals surface area contributed by atoms with Crippen LogP contribution in [0.5, 0.6) is 0 Å². The van der Waals surface area contributed by atoms with E-state index in [1.54, 1.807) is 0 Å². The van der Waals surface area contributed by atoms with E-state index in [0.29, 0.717) is 5.02 Å². The lowest BCUT2D eigenvalue weighted by Crippen LogP contribution is -2.18. The van der Waals surface area contributed by atoms with E-state index < -0.39 is 0 Å². The molecular formula is C16H16BrCl2N. The zero-order valence-electron chi connectivity index (χ0n) is 11.4. The summed E-state index contributed by atoms with van der Waals surface area (Å²) in [6.45, 7) is 4.08. The number of aryl methyl sites for hydroxylation is 1. The summed E-state index contributed by atoms with van der Waals surface area (Å²) >= 11 is 15.8. The number of benzene rings is 2. The molecule has 0 spiro atoms. The number of halogens is 3. The fraction of sp³-hybridized carbons (Fsp3) is 0.250. The summed E-state index contributed by atoms with van der Waals surface area (Å²) in [6.07, 6.45) is 0.926. The van der Waals surface area contributed by atoms with Gasteiger partial charge in [-0.3, -0.25) is 0 Å². The Kier molecular flexibility index (Phi) is 5.36. The molecule has 4 heteroatoms. The lowest BCUT2D eigenvalue weighted by atomic mass is 10.1. The van der Waals surface area contributed by atoms with E-state index in [-0.39, 0.29) is 6.04 Å². The van der Waals surface area contributed by atoms with Crippen molar-refractivity contribution in [2.75, 3.05) is 5.32 Å². The van der Waals surface area contributed by atoms with Crippen molar-refractivity contribution in [2.24, 2.45) is 0 Å². The highest BCUT2D eigenvalue weighted by atomic mass is 79.9. The smallest absolute Gasteiger partial charge is 0.0641 e. The Bertz CT molecular complexity index is 596. The Morgan fingerprint density at radius 1 is 1.10 bits per heavy atom. The number of anilines is 1. The zero-order chi connectivity index (χ0) is 14.7. The van der Waals surface area contributed by atoms with Gasteiger partial charge < -0.3 is 5.32 Å². The van der Waals surface area contributed by atoms with Gasteiger partial charge in [-0.2, -0.15) is 0 Å². The SMILES string of the molecule is Cc1cc(Cl)c(NC(C)Cc2ccc(Br)cc2)cc1Cl. The van der Waals surface area contributed by atoms with E-state index in [9.17, 15) is 0 Å². The van der Waals surface area contributed by atoms with Crippen LogP contribution in [0.4, 0.5) is 5.69 Å². The van der Waals surface area contributed by atoms with Crippen molar-refractivity contribution in [3.05, 3.63) is 62.0 Å². The number of hydrogen-bond donors (Lipinski definition) is 1. The fourth-order valence-corrected chi connectivity index (χ4v) is 2.75. The molecule has 1 nitrogen and oxygen atoms in total. The first-order valence-electron chi connectivity index (χ1n) is 6.42. The summed E-state index contributed by atoms with van der Waals surface area (Å²) in [5.41, 5.74) is 3.15. The first-order valence-corrected chi connectivity index (χ1v) is 7.97. The van der Waals surface area contributed by atoms with Crippen molar-refractivity contribution in [3.8, 4) is 0 Å². The van der Waals surface area contributed by atoms with Crippen molar-refractivity contribution in [3.63, 3.8) is 0 Å². The Morgan fingerprint density at radius 3 is 2.40 bits per heavy atom.